The number of hydrogen-bond donors (Lipinski definition) is 3. The highest BCUT2D eigenvalue weighted by atomic mass is 16.3. The second-order valence-electron chi connectivity index (χ2n) is 9.21. The summed E-state index contributed by atoms with van der Waals surface area (Å²) in [6.07, 6.45) is 0. The van der Waals surface area contributed by atoms with Crippen LogP contribution in [0, 0.1) is 6.92 Å². The summed E-state index contributed by atoms with van der Waals surface area (Å²) in [6, 6.07) is 19.5. The van der Waals surface area contributed by atoms with Crippen LogP contribution in [0.4, 0.5) is 5.69 Å². The Morgan fingerprint density at radius 3 is 2.42 bits per heavy atom. The van der Waals surface area contributed by atoms with Gasteiger partial charge in [-0.05, 0) is 42.8 Å². The zero-order valence-electron chi connectivity index (χ0n) is 20.0. The topological polar surface area (TPSA) is 101 Å². The second-order valence-corrected chi connectivity index (χ2v) is 9.21. The number of phenols is 2. The number of aromatic hydroxyl groups is 2. The maximum Gasteiger partial charge on any atom is 0.331 e. The van der Waals surface area contributed by atoms with Gasteiger partial charge in [0.05, 0.1) is 39.7 Å². The van der Waals surface area contributed by atoms with Gasteiger partial charge in [-0.25, -0.2) is 4.79 Å². The molecule has 0 radical (unpaired) electrons. The van der Waals surface area contributed by atoms with E-state index < -0.39 is 17.3 Å². The van der Waals surface area contributed by atoms with Crippen LogP contribution in [-0.2, 0) is 14.1 Å². The maximum absolute atomic E-state index is 13.7. The van der Waals surface area contributed by atoms with Crippen LogP contribution in [0.1, 0.15) is 22.9 Å². The third kappa shape index (κ3) is 2.94. The summed E-state index contributed by atoms with van der Waals surface area (Å²) in [5.74, 6) is -0.159. The van der Waals surface area contributed by atoms with Crippen molar-refractivity contribution in [2.75, 3.05) is 5.32 Å². The van der Waals surface area contributed by atoms with Crippen LogP contribution < -0.4 is 16.6 Å². The molecule has 3 heterocycles. The van der Waals surface area contributed by atoms with E-state index in [-0.39, 0.29) is 11.5 Å². The lowest BCUT2D eigenvalue weighted by atomic mass is 9.98. The summed E-state index contributed by atoms with van der Waals surface area (Å²) in [4.78, 5) is 26.8. The molecule has 0 unspecified atom stereocenters. The van der Waals surface area contributed by atoms with Gasteiger partial charge in [0, 0.05) is 25.7 Å². The highest BCUT2D eigenvalue weighted by Crippen LogP contribution is 2.47. The Hall–Kier alpha value is -4.72. The number of hydrogen-bond acceptors (Lipinski definition) is 5. The molecular weight excluding hydrogens is 456 g/mol. The molecule has 0 spiro atoms. The van der Waals surface area contributed by atoms with E-state index in [0.29, 0.717) is 27.9 Å². The maximum atomic E-state index is 13.7. The molecule has 0 saturated heterocycles. The van der Waals surface area contributed by atoms with Crippen molar-refractivity contribution in [2.45, 2.75) is 13.0 Å². The number of anilines is 1. The van der Waals surface area contributed by atoms with E-state index in [0.717, 1.165) is 27.1 Å². The van der Waals surface area contributed by atoms with Gasteiger partial charge in [-0.15, -0.1) is 0 Å². The minimum atomic E-state index is -0.612. The van der Waals surface area contributed by atoms with Gasteiger partial charge in [0.1, 0.15) is 11.5 Å². The number of nitrogens with zero attached hydrogens (tertiary/aromatic N) is 3. The lowest BCUT2D eigenvalue weighted by Gasteiger charge is -2.31. The van der Waals surface area contributed by atoms with Crippen molar-refractivity contribution in [1.82, 2.24) is 13.7 Å². The van der Waals surface area contributed by atoms with Crippen molar-refractivity contribution < 1.29 is 10.2 Å². The lowest BCUT2D eigenvalue weighted by molar-refractivity contribution is 0.444. The quantitative estimate of drug-likeness (QED) is 0.355. The van der Waals surface area contributed by atoms with Crippen molar-refractivity contribution in [3.05, 3.63) is 104 Å². The monoisotopic (exact) mass is 480 g/mol. The van der Waals surface area contributed by atoms with Gasteiger partial charge in [-0.2, -0.15) is 0 Å². The number of phenolic OH excluding ortho intramolecular Hbond substituents is 2. The molecule has 0 amide bonds. The van der Waals surface area contributed by atoms with Crippen molar-refractivity contribution >= 4 is 16.6 Å². The Labute approximate surface area is 205 Å². The molecule has 0 fully saturated rings. The first-order valence-electron chi connectivity index (χ1n) is 11.6. The molecule has 180 valence electrons. The van der Waals surface area contributed by atoms with Gasteiger partial charge < -0.3 is 20.1 Å². The number of para-hydroxylation sites is 2. The summed E-state index contributed by atoms with van der Waals surface area (Å²) in [5, 5.41) is 24.7. The van der Waals surface area contributed by atoms with E-state index in [1.807, 2.05) is 60.0 Å². The standard InChI is InChI=1S/C28H24N4O4/c1-15-7-6-8-16(13-15)24-22-25(30(2)28(36)31(3)27(22)35)26-23(18-12-11-17(33)14-21(18)34)29-19-9-4-5-10-20(19)32(24)26/h4-14,23,29,33-34H,1-3H3/t23-/m1/s1. The highest BCUT2D eigenvalue weighted by molar-refractivity contribution is 5.99. The van der Waals surface area contributed by atoms with Crippen molar-refractivity contribution in [3.63, 3.8) is 0 Å². The summed E-state index contributed by atoms with van der Waals surface area (Å²) in [6.45, 7) is 1.99. The molecule has 1 atom stereocenters. The average molecular weight is 481 g/mol. The molecule has 2 aromatic heterocycles. The van der Waals surface area contributed by atoms with Crippen LogP contribution in [0.25, 0.3) is 27.8 Å². The molecule has 3 N–H and O–H groups in total. The molecule has 6 rings (SSSR count). The van der Waals surface area contributed by atoms with Crippen LogP contribution in [-0.4, -0.2) is 23.9 Å². The van der Waals surface area contributed by atoms with Crippen LogP contribution >= 0.6 is 0 Å². The fourth-order valence-electron chi connectivity index (χ4n) is 5.29. The van der Waals surface area contributed by atoms with E-state index >= 15 is 0 Å². The minimum Gasteiger partial charge on any atom is -0.508 e. The molecule has 8 nitrogen and oxygen atoms in total. The molecule has 36 heavy (non-hydrogen) atoms. The smallest absolute Gasteiger partial charge is 0.331 e. The molecule has 5 aromatic rings. The third-order valence-corrected chi connectivity index (χ3v) is 6.94. The number of aromatic nitrogens is 3. The molecule has 1 aliphatic rings. The van der Waals surface area contributed by atoms with Crippen molar-refractivity contribution in [1.29, 1.82) is 0 Å². The van der Waals surface area contributed by atoms with Gasteiger partial charge in [-0.1, -0.05) is 35.9 Å². The molecule has 0 bridgehead atoms. The molecule has 0 saturated carbocycles. The SMILES string of the molecule is Cc1cccc(-c2c3c(=O)n(C)c(=O)n(C)c3c3n2-c2ccccc2N[C@@H]3c2ccc(O)cc2O)c1. The first kappa shape index (κ1) is 21.8. The summed E-state index contributed by atoms with van der Waals surface area (Å²) in [7, 11) is 3.13. The van der Waals surface area contributed by atoms with Gasteiger partial charge in [0.2, 0.25) is 0 Å². The minimum absolute atomic E-state index is 0.0607. The Morgan fingerprint density at radius 1 is 0.889 bits per heavy atom. The fourth-order valence-corrected chi connectivity index (χ4v) is 5.29. The number of rotatable bonds is 2. The third-order valence-electron chi connectivity index (χ3n) is 6.94. The predicted molar refractivity (Wildman–Crippen MR) is 139 cm³/mol. The van der Waals surface area contributed by atoms with Crippen LogP contribution in [0.15, 0.2) is 76.3 Å². The number of benzene rings is 3. The van der Waals surface area contributed by atoms with Crippen molar-refractivity contribution in [2.24, 2.45) is 14.1 Å². The average Bonchev–Trinajstić information content (AvgIpc) is 3.23. The zero-order valence-corrected chi connectivity index (χ0v) is 20.0. The van der Waals surface area contributed by atoms with Gasteiger partial charge in [0.15, 0.2) is 0 Å². The largest absolute Gasteiger partial charge is 0.508 e. The number of nitrogens with one attached hydrogen (secondary N) is 1. The Bertz CT molecular complexity index is 1830. The Balaban J connectivity index is 1.87. The Kier molecular flexibility index (Phi) is 4.63. The molecule has 3 aromatic carbocycles. The van der Waals surface area contributed by atoms with Crippen molar-refractivity contribution in [3.8, 4) is 28.4 Å². The first-order chi connectivity index (χ1) is 17.3. The normalized spacial score (nSPS) is 14.4. The lowest BCUT2D eigenvalue weighted by Crippen LogP contribution is -2.37. The zero-order chi connectivity index (χ0) is 25.3. The molecule has 0 aliphatic carbocycles. The Morgan fingerprint density at radius 2 is 1.67 bits per heavy atom. The number of fused-ring (bicyclic) bond motifs is 5. The highest BCUT2D eigenvalue weighted by Gasteiger charge is 2.35. The fraction of sp³-hybridized carbons (Fsp3) is 0.143. The molecular formula is C28H24N4O4. The molecule has 1 aliphatic heterocycles. The van der Waals surface area contributed by atoms with Gasteiger partial charge in [0.25, 0.3) is 5.56 Å². The van der Waals surface area contributed by atoms with E-state index in [1.165, 1.54) is 23.7 Å². The van der Waals surface area contributed by atoms with E-state index in [2.05, 4.69) is 5.32 Å². The first-order valence-corrected chi connectivity index (χ1v) is 11.6. The summed E-state index contributed by atoms with van der Waals surface area (Å²) in [5.41, 5.74) is 4.99. The van der Waals surface area contributed by atoms with E-state index in [1.54, 1.807) is 13.1 Å². The second kappa shape index (κ2) is 7.64. The predicted octanol–water partition coefficient (Wildman–Crippen LogP) is 3.93. The number of aryl methyl sites for hydroxylation is 2. The molecule has 8 heteroatoms. The van der Waals surface area contributed by atoms with E-state index in [9.17, 15) is 19.8 Å². The van der Waals surface area contributed by atoms with Crippen LogP contribution in [0.5, 0.6) is 11.5 Å². The summed E-state index contributed by atoms with van der Waals surface area (Å²) < 4.78 is 4.63. The van der Waals surface area contributed by atoms with Crippen LogP contribution in [0.2, 0.25) is 0 Å². The van der Waals surface area contributed by atoms with E-state index in [4.69, 9.17) is 0 Å². The summed E-state index contributed by atoms with van der Waals surface area (Å²) >= 11 is 0. The van der Waals surface area contributed by atoms with Gasteiger partial charge in [-0.3, -0.25) is 13.9 Å². The van der Waals surface area contributed by atoms with Crippen LogP contribution in [0.3, 0.4) is 0 Å². The van der Waals surface area contributed by atoms with Gasteiger partial charge >= 0.3 is 5.69 Å².